The SMILES string of the molecule is c1ccc(-c2ccccc2N(c2ccc(-c3ccc4c5ccccc5c5c(-c6ccccc6)c(-c6ccccc6)oc5c4c3)cc2)c2cccc3ccccc23)cc1. The molecule has 0 radical (unpaired) electrons. The molecule has 0 saturated carbocycles. The first kappa shape index (κ1) is 33.6. The van der Waals surface area contributed by atoms with Crippen molar-refractivity contribution in [1.29, 1.82) is 0 Å². The number of benzene rings is 10. The van der Waals surface area contributed by atoms with E-state index < -0.39 is 0 Å². The monoisotopic (exact) mass is 739 g/mol. The molecule has 1 heterocycles. The molecule has 0 fully saturated rings. The fourth-order valence-electron chi connectivity index (χ4n) is 8.78. The molecule has 58 heavy (non-hydrogen) atoms. The lowest BCUT2D eigenvalue weighted by molar-refractivity contribution is 0.636. The normalized spacial score (nSPS) is 11.4. The Morgan fingerprint density at radius 1 is 0.328 bits per heavy atom. The van der Waals surface area contributed by atoms with Crippen molar-refractivity contribution in [3.8, 4) is 44.7 Å². The molecule has 0 N–H and O–H groups in total. The molecule has 0 unspecified atom stereocenters. The first-order valence-electron chi connectivity index (χ1n) is 19.8. The zero-order chi connectivity index (χ0) is 38.4. The fourth-order valence-corrected chi connectivity index (χ4v) is 8.78. The van der Waals surface area contributed by atoms with E-state index in [2.05, 4.69) is 229 Å². The van der Waals surface area contributed by atoms with Gasteiger partial charge in [-0.1, -0.05) is 194 Å². The van der Waals surface area contributed by atoms with E-state index >= 15 is 0 Å². The van der Waals surface area contributed by atoms with Crippen LogP contribution in [0.1, 0.15) is 0 Å². The first-order valence-corrected chi connectivity index (χ1v) is 19.8. The molecule has 0 aliphatic rings. The Morgan fingerprint density at radius 3 is 1.64 bits per heavy atom. The molecular formula is C56H37NO. The third kappa shape index (κ3) is 5.66. The minimum atomic E-state index is 0.888. The molecule has 10 aromatic carbocycles. The van der Waals surface area contributed by atoms with Gasteiger partial charge in [-0.15, -0.1) is 0 Å². The van der Waals surface area contributed by atoms with Crippen LogP contribution in [0, 0.1) is 0 Å². The summed E-state index contributed by atoms with van der Waals surface area (Å²) in [6.45, 7) is 0. The van der Waals surface area contributed by atoms with Crippen molar-refractivity contribution in [2.24, 2.45) is 0 Å². The van der Waals surface area contributed by atoms with Gasteiger partial charge in [0, 0.05) is 38.5 Å². The van der Waals surface area contributed by atoms with Gasteiger partial charge in [0.05, 0.1) is 11.4 Å². The maximum Gasteiger partial charge on any atom is 0.143 e. The maximum atomic E-state index is 7.08. The number of hydrogen-bond donors (Lipinski definition) is 0. The summed E-state index contributed by atoms with van der Waals surface area (Å²) < 4.78 is 7.08. The van der Waals surface area contributed by atoms with Gasteiger partial charge in [-0.25, -0.2) is 0 Å². The number of furan rings is 1. The molecule has 0 aliphatic carbocycles. The zero-order valence-corrected chi connectivity index (χ0v) is 31.7. The Balaban J connectivity index is 1.10. The second-order valence-corrected chi connectivity index (χ2v) is 14.8. The van der Waals surface area contributed by atoms with Gasteiger partial charge < -0.3 is 9.32 Å². The molecule has 2 nitrogen and oxygen atoms in total. The molecule has 11 rings (SSSR count). The molecule has 0 atom stereocenters. The van der Waals surface area contributed by atoms with E-state index in [-0.39, 0.29) is 0 Å². The Bertz CT molecular complexity index is 3250. The summed E-state index contributed by atoms with van der Waals surface area (Å²) in [5.74, 6) is 0.888. The van der Waals surface area contributed by atoms with Crippen molar-refractivity contribution in [2.75, 3.05) is 4.90 Å². The highest BCUT2D eigenvalue weighted by Gasteiger charge is 2.23. The summed E-state index contributed by atoms with van der Waals surface area (Å²) in [7, 11) is 0. The predicted molar refractivity (Wildman–Crippen MR) is 245 cm³/mol. The summed E-state index contributed by atoms with van der Waals surface area (Å²) >= 11 is 0. The predicted octanol–water partition coefficient (Wildman–Crippen LogP) is 16.0. The Morgan fingerprint density at radius 2 is 0.879 bits per heavy atom. The first-order chi connectivity index (χ1) is 28.8. The van der Waals surface area contributed by atoms with Gasteiger partial charge in [0.2, 0.25) is 0 Å². The Hall–Kier alpha value is -7.68. The molecule has 0 saturated heterocycles. The van der Waals surface area contributed by atoms with Gasteiger partial charge in [-0.05, 0) is 74.1 Å². The second-order valence-electron chi connectivity index (χ2n) is 14.8. The lowest BCUT2D eigenvalue weighted by Crippen LogP contribution is -2.11. The number of fused-ring (bicyclic) bond motifs is 7. The maximum absolute atomic E-state index is 7.08. The van der Waals surface area contributed by atoms with Crippen molar-refractivity contribution in [3.05, 3.63) is 224 Å². The summed E-state index contributed by atoms with van der Waals surface area (Å²) in [6, 6.07) is 80.4. The lowest BCUT2D eigenvalue weighted by atomic mass is 9.91. The van der Waals surface area contributed by atoms with Crippen LogP contribution < -0.4 is 4.90 Å². The van der Waals surface area contributed by atoms with Gasteiger partial charge in [0.25, 0.3) is 0 Å². The smallest absolute Gasteiger partial charge is 0.143 e. The molecule has 0 spiro atoms. The number of anilines is 3. The fraction of sp³-hybridized carbons (Fsp3) is 0. The van der Waals surface area contributed by atoms with Crippen LogP contribution in [0.4, 0.5) is 17.1 Å². The number of rotatable bonds is 7. The van der Waals surface area contributed by atoms with E-state index in [1.807, 2.05) is 0 Å². The minimum Gasteiger partial charge on any atom is -0.455 e. The number of nitrogens with zero attached hydrogens (tertiary/aromatic N) is 1. The third-order valence-electron chi connectivity index (χ3n) is 11.5. The second kappa shape index (κ2) is 14.1. The Labute approximate surface area is 337 Å². The van der Waals surface area contributed by atoms with Gasteiger partial charge in [0.15, 0.2) is 0 Å². The van der Waals surface area contributed by atoms with Crippen molar-refractivity contribution >= 4 is 60.3 Å². The van der Waals surface area contributed by atoms with Crippen LogP contribution in [0.5, 0.6) is 0 Å². The van der Waals surface area contributed by atoms with Crippen LogP contribution in [0.3, 0.4) is 0 Å². The van der Waals surface area contributed by atoms with Gasteiger partial charge in [0.1, 0.15) is 11.3 Å². The summed E-state index contributed by atoms with van der Waals surface area (Å²) in [5, 5.41) is 8.23. The quantitative estimate of drug-likeness (QED) is 0.151. The molecule has 0 aliphatic heterocycles. The highest BCUT2D eigenvalue weighted by Crippen LogP contribution is 2.48. The van der Waals surface area contributed by atoms with Crippen LogP contribution >= 0.6 is 0 Å². The lowest BCUT2D eigenvalue weighted by Gasteiger charge is -2.29. The molecule has 0 bridgehead atoms. The Kier molecular flexibility index (Phi) is 8.19. The average Bonchev–Trinajstić information content (AvgIpc) is 3.72. The number of hydrogen-bond acceptors (Lipinski definition) is 2. The highest BCUT2D eigenvalue weighted by molar-refractivity contribution is 6.28. The topological polar surface area (TPSA) is 16.4 Å². The van der Waals surface area contributed by atoms with Gasteiger partial charge in [-0.2, -0.15) is 0 Å². The molecule has 0 amide bonds. The van der Waals surface area contributed by atoms with Gasteiger partial charge in [-0.3, -0.25) is 0 Å². The standard InChI is InChI=1S/C56H37NO/c1-4-17-39(18-5-1)45-26-14-15-29-51(45)57(52-30-16-24-40-19-10-11-25-46(40)52)44-34-31-38(32-35-44)43-33-36-48-47-27-12-13-28-49(47)54-53(41-20-6-2-7-21-41)55(42-22-8-3-9-23-42)58-56(54)50(48)37-43/h1-37H. The molecule has 272 valence electrons. The summed E-state index contributed by atoms with van der Waals surface area (Å²) in [6.07, 6.45) is 0. The van der Waals surface area contributed by atoms with Crippen molar-refractivity contribution in [2.45, 2.75) is 0 Å². The highest BCUT2D eigenvalue weighted by atomic mass is 16.3. The van der Waals surface area contributed by atoms with E-state index in [9.17, 15) is 0 Å². The van der Waals surface area contributed by atoms with Crippen molar-refractivity contribution in [3.63, 3.8) is 0 Å². The molecule has 2 heteroatoms. The van der Waals surface area contributed by atoms with E-state index in [0.29, 0.717) is 0 Å². The van der Waals surface area contributed by atoms with Crippen LogP contribution in [-0.4, -0.2) is 0 Å². The summed E-state index contributed by atoms with van der Waals surface area (Å²) in [4.78, 5) is 2.41. The average molecular weight is 740 g/mol. The van der Waals surface area contributed by atoms with Crippen LogP contribution in [0.25, 0.3) is 88.0 Å². The van der Waals surface area contributed by atoms with Crippen molar-refractivity contribution < 1.29 is 4.42 Å². The van der Waals surface area contributed by atoms with E-state index in [1.165, 1.54) is 38.1 Å². The van der Waals surface area contributed by atoms with E-state index in [4.69, 9.17) is 4.42 Å². The summed E-state index contributed by atoms with van der Waals surface area (Å²) in [5.41, 5.74) is 12.2. The third-order valence-corrected chi connectivity index (χ3v) is 11.5. The van der Waals surface area contributed by atoms with Crippen LogP contribution in [0.15, 0.2) is 229 Å². The zero-order valence-electron chi connectivity index (χ0n) is 31.7. The van der Waals surface area contributed by atoms with Crippen LogP contribution in [0.2, 0.25) is 0 Å². The van der Waals surface area contributed by atoms with Crippen LogP contribution in [-0.2, 0) is 0 Å². The van der Waals surface area contributed by atoms with E-state index in [0.717, 1.165) is 67.0 Å². The van der Waals surface area contributed by atoms with Crippen molar-refractivity contribution in [1.82, 2.24) is 0 Å². The molecule has 1 aromatic heterocycles. The molecule has 11 aromatic rings. The largest absolute Gasteiger partial charge is 0.455 e. The molecular weight excluding hydrogens is 703 g/mol. The van der Waals surface area contributed by atoms with E-state index in [1.54, 1.807) is 0 Å². The van der Waals surface area contributed by atoms with Gasteiger partial charge >= 0.3 is 0 Å². The minimum absolute atomic E-state index is 0.888. The number of para-hydroxylation sites is 1.